The molecule has 4 rings (SSSR count). The van der Waals surface area contributed by atoms with Gasteiger partial charge in [0, 0.05) is 18.9 Å². The number of nitrogen functional groups attached to an aromatic ring is 1. The molecule has 142 valence electrons. The van der Waals surface area contributed by atoms with Gasteiger partial charge in [-0.25, -0.2) is 9.97 Å². The molecule has 1 aromatic carbocycles. The predicted octanol–water partition coefficient (Wildman–Crippen LogP) is 2.50. The molecule has 0 bridgehead atoms. The summed E-state index contributed by atoms with van der Waals surface area (Å²) in [7, 11) is 0. The van der Waals surface area contributed by atoms with Crippen molar-refractivity contribution in [3.05, 3.63) is 30.1 Å². The normalized spacial score (nSPS) is 16.7. The van der Waals surface area contributed by atoms with Crippen molar-refractivity contribution in [1.82, 2.24) is 19.9 Å². The Bertz CT molecular complexity index is 1000. The zero-order valence-corrected chi connectivity index (χ0v) is 15.5. The number of aromatic nitrogens is 3. The third-order valence-corrected chi connectivity index (χ3v) is 5.54. The standard InChI is InChI=1S/C20H25N5O2/c1-13(27)24-20(9-5-2-6-10-20)12-25-16(11-26)23-17-18(25)14-7-3-4-8-15(14)22-19(17)21/h3-4,7-8,26H,2,5-6,9-12H2,1H3,(H2,21,22)(H,24,27). The number of nitrogens with two attached hydrogens (primary N) is 1. The Morgan fingerprint density at radius 3 is 2.70 bits per heavy atom. The largest absolute Gasteiger partial charge is 0.388 e. The summed E-state index contributed by atoms with van der Waals surface area (Å²) in [5.41, 5.74) is 8.11. The van der Waals surface area contributed by atoms with Crippen LogP contribution in [-0.4, -0.2) is 31.1 Å². The van der Waals surface area contributed by atoms with Gasteiger partial charge in [-0.3, -0.25) is 4.79 Å². The number of aliphatic hydroxyl groups excluding tert-OH is 1. The Morgan fingerprint density at radius 1 is 1.26 bits per heavy atom. The molecule has 3 aromatic rings. The van der Waals surface area contributed by atoms with E-state index in [4.69, 9.17) is 5.73 Å². The zero-order valence-electron chi connectivity index (χ0n) is 15.5. The number of carbonyl (C=O) groups excluding carboxylic acids is 1. The molecule has 0 saturated heterocycles. The van der Waals surface area contributed by atoms with Crippen LogP contribution < -0.4 is 11.1 Å². The maximum atomic E-state index is 11.9. The molecule has 0 aliphatic heterocycles. The summed E-state index contributed by atoms with van der Waals surface area (Å²) in [6, 6.07) is 7.80. The maximum Gasteiger partial charge on any atom is 0.217 e. The molecule has 1 amide bonds. The van der Waals surface area contributed by atoms with E-state index in [-0.39, 0.29) is 18.1 Å². The number of pyridine rings is 1. The van der Waals surface area contributed by atoms with Gasteiger partial charge in [0.15, 0.2) is 5.82 Å². The van der Waals surface area contributed by atoms with Crippen molar-refractivity contribution in [2.75, 3.05) is 5.73 Å². The molecule has 2 heterocycles. The number of amides is 1. The Hall–Kier alpha value is -2.67. The van der Waals surface area contributed by atoms with E-state index in [0.29, 0.717) is 23.7 Å². The first-order valence-corrected chi connectivity index (χ1v) is 9.46. The Kier molecular flexibility index (Phi) is 4.47. The molecule has 4 N–H and O–H groups in total. The third-order valence-electron chi connectivity index (χ3n) is 5.54. The van der Waals surface area contributed by atoms with Gasteiger partial charge in [0.1, 0.15) is 17.9 Å². The van der Waals surface area contributed by atoms with Gasteiger partial charge in [0.25, 0.3) is 0 Å². The number of imidazole rings is 1. The first-order valence-electron chi connectivity index (χ1n) is 9.46. The minimum atomic E-state index is -0.333. The van der Waals surface area contributed by atoms with E-state index >= 15 is 0 Å². The molecule has 0 radical (unpaired) electrons. The molecule has 27 heavy (non-hydrogen) atoms. The highest BCUT2D eigenvalue weighted by Gasteiger charge is 2.34. The van der Waals surface area contributed by atoms with Crippen molar-refractivity contribution in [3.8, 4) is 0 Å². The highest BCUT2D eigenvalue weighted by Crippen LogP contribution is 2.34. The minimum Gasteiger partial charge on any atom is -0.388 e. The van der Waals surface area contributed by atoms with E-state index in [9.17, 15) is 9.90 Å². The monoisotopic (exact) mass is 367 g/mol. The van der Waals surface area contributed by atoms with Gasteiger partial charge in [0.2, 0.25) is 5.91 Å². The third kappa shape index (κ3) is 3.12. The van der Waals surface area contributed by atoms with Gasteiger partial charge >= 0.3 is 0 Å². The number of nitrogens with one attached hydrogen (secondary N) is 1. The number of anilines is 1. The molecule has 1 saturated carbocycles. The average Bonchev–Trinajstić information content (AvgIpc) is 3.01. The molecule has 1 fully saturated rings. The number of hydrogen-bond donors (Lipinski definition) is 3. The van der Waals surface area contributed by atoms with E-state index in [1.807, 2.05) is 28.8 Å². The Morgan fingerprint density at radius 2 is 2.00 bits per heavy atom. The molecule has 1 aliphatic rings. The fraction of sp³-hybridized carbons (Fsp3) is 0.450. The minimum absolute atomic E-state index is 0.0297. The van der Waals surface area contributed by atoms with Crippen LogP contribution in [0.25, 0.3) is 21.9 Å². The van der Waals surface area contributed by atoms with Crippen molar-refractivity contribution in [2.24, 2.45) is 0 Å². The van der Waals surface area contributed by atoms with Crippen LogP contribution in [0.4, 0.5) is 5.82 Å². The fourth-order valence-electron chi connectivity index (χ4n) is 4.42. The first-order chi connectivity index (χ1) is 13.0. The van der Waals surface area contributed by atoms with E-state index in [0.717, 1.165) is 42.1 Å². The summed E-state index contributed by atoms with van der Waals surface area (Å²) in [4.78, 5) is 20.9. The second-order valence-electron chi connectivity index (χ2n) is 7.51. The zero-order chi connectivity index (χ0) is 19.0. The smallest absolute Gasteiger partial charge is 0.217 e. The Balaban J connectivity index is 1.93. The fourth-order valence-corrected chi connectivity index (χ4v) is 4.42. The Labute approximate surface area is 157 Å². The number of nitrogens with zero attached hydrogens (tertiary/aromatic N) is 3. The van der Waals surface area contributed by atoms with E-state index in [2.05, 4.69) is 15.3 Å². The lowest BCUT2D eigenvalue weighted by Gasteiger charge is -2.38. The molecule has 1 aliphatic carbocycles. The highest BCUT2D eigenvalue weighted by atomic mass is 16.3. The number of fused-ring (bicyclic) bond motifs is 3. The first kappa shape index (κ1) is 17.7. The van der Waals surface area contributed by atoms with Gasteiger partial charge in [-0.15, -0.1) is 0 Å². The predicted molar refractivity (Wildman–Crippen MR) is 105 cm³/mol. The molecule has 2 aromatic heterocycles. The van der Waals surface area contributed by atoms with E-state index in [1.54, 1.807) is 6.92 Å². The summed E-state index contributed by atoms with van der Waals surface area (Å²) < 4.78 is 2.02. The van der Waals surface area contributed by atoms with Crippen LogP contribution in [0.2, 0.25) is 0 Å². The van der Waals surface area contributed by atoms with Crippen LogP contribution in [0.1, 0.15) is 44.9 Å². The van der Waals surface area contributed by atoms with Crippen LogP contribution in [0.5, 0.6) is 0 Å². The second kappa shape index (κ2) is 6.81. The topological polar surface area (TPSA) is 106 Å². The average molecular weight is 367 g/mol. The highest BCUT2D eigenvalue weighted by molar-refractivity contribution is 6.06. The van der Waals surface area contributed by atoms with E-state index in [1.165, 1.54) is 6.42 Å². The number of para-hydroxylation sites is 1. The van der Waals surface area contributed by atoms with E-state index < -0.39 is 0 Å². The molecule has 7 heteroatoms. The lowest BCUT2D eigenvalue weighted by Crippen LogP contribution is -2.52. The van der Waals surface area contributed by atoms with Crippen molar-refractivity contribution in [2.45, 2.75) is 57.7 Å². The van der Waals surface area contributed by atoms with Gasteiger partial charge in [-0.05, 0) is 18.9 Å². The van der Waals surface area contributed by atoms with Crippen molar-refractivity contribution < 1.29 is 9.90 Å². The lowest BCUT2D eigenvalue weighted by molar-refractivity contribution is -0.121. The number of rotatable bonds is 4. The van der Waals surface area contributed by atoms with Crippen LogP contribution in [-0.2, 0) is 17.9 Å². The van der Waals surface area contributed by atoms with Gasteiger partial charge in [-0.2, -0.15) is 0 Å². The summed E-state index contributed by atoms with van der Waals surface area (Å²) >= 11 is 0. The van der Waals surface area contributed by atoms with Crippen LogP contribution in [0.15, 0.2) is 24.3 Å². The summed E-state index contributed by atoms with van der Waals surface area (Å²) in [6.07, 6.45) is 5.15. The molecular formula is C20H25N5O2. The number of carbonyl (C=O) groups is 1. The quantitative estimate of drug-likeness (QED) is 0.657. The van der Waals surface area contributed by atoms with Crippen molar-refractivity contribution >= 4 is 33.7 Å². The lowest BCUT2D eigenvalue weighted by atomic mass is 9.81. The number of hydrogen-bond acceptors (Lipinski definition) is 5. The molecule has 0 unspecified atom stereocenters. The van der Waals surface area contributed by atoms with Gasteiger partial charge < -0.3 is 20.7 Å². The van der Waals surface area contributed by atoms with Crippen LogP contribution >= 0.6 is 0 Å². The molecule has 0 spiro atoms. The van der Waals surface area contributed by atoms with Gasteiger partial charge in [-0.1, -0.05) is 37.5 Å². The van der Waals surface area contributed by atoms with Crippen molar-refractivity contribution in [3.63, 3.8) is 0 Å². The van der Waals surface area contributed by atoms with Crippen molar-refractivity contribution in [1.29, 1.82) is 0 Å². The summed E-state index contributed by atoms with van der Waals surface area (Å²) in [6.45, 7) is 1.93. The van der Waals surface area contributed by atoms with Gasteiger partial charge in [0.05, 0.1) is 16.6 Å². The number of benzene rings is 1. The maximum absolute atomic E-state index is 11.9. The molecule has 0 atom stereocenters. The molecular weight excluding hydrogens is 342 g/mol. The van der Waals surface area contributed by atoms with Crippen LogP contribution in [0.3, 0.4) is 0 Å². The molecule has 7 nitrogen and oxygen atoms in total. The second-order valence-corrected chi connectivity index (χ2v) is 7.51. The summed E-state index contributed by atoms with van der Waals surface area (Å²) in [5, 5.41) is 14.1. The summed E-state index contributed by atoms with van der Waals surface area (Å²) in [5.74, 6) is 0.873. The number of aliphatic hydroxyl groups is 1. The van der Waals surface area contributed by atoms with Crippen LogP contribution in [0, 0.1) is 0 Å². The SMILES string of the molecule is CC(=O)NC1(Cn2c(CO)nc3c(N)nc4ccccc4c32)CCCCC1.